The summed E-state index contributed by atoms with van der Waals surface area (Å²) in [5.74, 6) is 0. The summed E-state index contributed by atoms with van der Waals surface area (Å²) < 4.78 is 5.03. The van der Waals surface area contributed by atoms with E-state index < -0.39 is 0 Å². The number of carbonyl (C=O) groups is 1. The highest BCUT2D eigenvalue weighted by atomic mass is 35.5. The Hall–Kier alpha value is -1.45. The molecule has 0 bridgehead atoms. The number of nitrogens with zero attached hydrogens (tertiary/aromatic N) is 1. The summed E-state index contributed by atoms with van der Waals surface area (Å²) in [4.78, 5) is 14.8. The summed E-state index contributed by atoms with van der Waals surface area (Å²) >= 11 is 6.19. The van der Waals surface area contributed by atoms with Gasteiger partial charge in [0.1, 0.15) is 5.69 Å². The molecular formula is C12H10ClNO2. The molecule has 0 aliphatic heterocycles. The van der Waals surface area contributed by atoms with E-state index in [0.717, 1.165) is 10.9 Å². The molecule has 3 nitrogen and oxygen atoms in total. The number of benzene rings is 1. The zero-order valence-corrected chi connectivity index (χ0v) is 9.49. The molecule has 0 spiro atoms. The van der Waals surface area contributed by atoms with Gasteiger partial charge in [-0.25, -0.2) is 4.98 Å². The second-order valence-electron chi connectivity index (χ2n) is 3.40. The summed E-state index contributed by atoms with van der Waals surface area (Å²) in [5, 5.41) is 1.46. The molecule has 0 radical (unpaired) electrons. The van der Waals surface area contributed by atoms with Gasteiger partial charge in [-0.05, 0) is 11.6 Å². The Kier molecular flexibility index (Phi) is 3.17. The molecule has 0 atom stereocenters. The molecule has 0 saturated carbocycles. The van der Waals surface area contributed by atoms with E-state index in [-0.39, 0.29) is 0 Å². The summed E-state index contributed by atoms with van der Waals surface area (Å²) in [5.41, 5.74) is 1.89. The summed E-state index contributed by atoms with van der Waals surface area (Å²) in [6, 6.07) is 7.31. The first-order valence-corrected chi connectivity index (χ1v) is 5.16. The minimum Gasteiger partial charge on any atom is -0.380 e. The Morgan fingerprint density at radius 2 is 2.12 bits per heavy atom. The fourth-order valence-electron chi connectivity index (χ4n) is 1.54. The number of rotatable bonds is 3. The number of ether oxygens (including phenoxy) is 1. The molecule has 1 heterocycles. The van der Waals surface area contributed by atoms with Crippen molar-refractivity contribution in [2.24, 2.45) is 0 Å². The van der Waals surface area contributed by atoms with E-state index >= 15 is 0 Å². The van der Waals surface area contributed by atoms with Gasteiger partial charge in [0.2, 0.25) is 0 Å². The van der Waals surface area contributed by atoms with Crippen molar-refractivity contribution in [2.45, 2.75) is 6.61 Å². The zero-order chi connectivity index (χ0) is 11.5. The number of aromatic nitrogens is 1. The zero-order valence-electron chi connectivity index (χ0n) is 8.74. The van der Waals surface area contributed by atoms with Crippen molar-refractivity contribution in [1.82, 2.24) is 4.98 Å². The van der Waals surface area contributed by atoms with Crippen LogP contribution in [0.1, 0.15) is 16.1 Å². The third kappa shape index (κ3) is 1.92. The van der Waals surface area contributed by atoms with Crippen molar-refractivity contribution in [3.05, 3.63) is 40.5 Å². The molecule has 0 unspecified atom stereocenters. The molecular weight excluding hydrogens is 226 g/mol. The maximum atomic E-state index is 10.6. The Balaban J connectivity index is 2.65. The molecule has 0 aliphatic carbocycles. The fourth-order valence-corrected chi connectivity index (χ4v) is 1.81. The van der Waals surface area contributed by atoms with Gasteiger partial charge in [0.15, 0.2) is 6.29 Å². The van der Waals surface area contributed by atoms with Gasteiger partial charge in [0.25, 0.3) is 0 Å². The van der Waals surface area contributed by atoms with Crippen LogP contribution < -0.4 is 0 Å². The van der Waals surface area contributed by atoms with Crippen molar-refractivity contribution in [3.63, 3.8) is 0 Å². The van der Waals surface area contributed by atoms with Gasteiger partial charge in [-0.1, -0.05) is 29.8 Å². The molecule has 4 heteroatoms. The third-order valence-electron chi connectivity index (χ3n) is 2.32. The van der Waals surface area contributed by atoms with Crippen LogP contribution in [0.25, 0.3) is 10.9 Å². The highest BCUT2D eigenvalue weighted by Gasteiger charge is 2.07. The largest absolute Gasteiger partial charge is 0.380 e. The number of fused-ring (bicyclic) bond motifs is 1. The molecule has 1 aromatic heterocycles. The number of pyridine rings is 1. The van der Waals surface area contributed by atoms with E-state index in [0.29, 0.717) is 29.1 Å². The van der Waals surface area contributed by atoms with Crippen molar-refractivity contribution in [3.8, 4) is 0 Å². The molecule has 0 aliphatic rings. The Bertz CT molecular complexity index is 540. The van der Waals surface area contributed by atoms with Crippen LogP contribution in [0.2, 0.25) is 5.02 Å². The summed E-state index contributed by atoms with van der Waals surface area (Å²) in [7, 11) is 1.61. The molecule has 2 rings (SSSR count). The molecule has 16 heavy (non-hydrogen) atoms. The Morgan fingerprint density at radius 1 is 1.38 bits per heavy atom. The highest BCUT2D eigenvalue weighted by molar-refractivity contribution is 6.35. The van der Waals surface area contributed by atoms with Crippen LogP contribution in [0.15, 0.2) is 24.3 Å². The maximum Gasteiger partial charge on any atom is 0.168 e. The lowest BCUT2D eigenvalue weighted by atomic mass is 10.1. The molecule has 0 fully saturated rings. The standard InChI is InChI=1S/C12H10ClNO2/c1-16-7-9-3-2-8-4-5-10(6-15)14-12(8)11(9)13/h2-6H,7H2,1H3. The Labute approximate surface area is 98.0 Å². The SMILES string of the molecule is COCc1ccc2ccc(C=O)nc2c1Cl. The summed E-state index contributed by atoms with van der Waals surface area (Å²) in [6.45, 7) is 0.432. The number of methoxy groups -OCH3 is 1. The lowest BCUT2D eigenvalue weighted by molar-refractivity contribution is 0.111. The van der Waals surface area contributed by atoms with E-state index in [2.05, 4.69) is 4.98 Å². The number of hydrogen-bond acceptors (Lipinski definition) is 3. The topological polar surface area (TPSA) is 39.2 Å². The van der Waals surface area contributed by atoms with Crippen LogP contribution in [-0.2, 0) is 11.3 Å². The predicted molar refractivity (Wildman–Crippen MR) is 62.9 cm³/mol. The van der Waals surface area contributed by atoms with Crippen molar-refractivity contribution >= 4 is 28.8 Å². The number of halogens is 1. The van der Waals surface area contributed by atoms with Crippen molar-refractivity contribution < 1.29 is 9.53 Å². The smallest absolute Gasteiger partial charge is 0.168 e. The van der Waals surface area contributed by atoms with Gasteiger partial charge >= 0.3 is 0 Å². The van der Waals surface area contributed by atoms with Gasteiger partial charge in [-0.3, -0.25) is 4.79 Å². The summed E-state index contributed by atoms with van der Waals surface area (Å²) in [6.07, 6.45) is 0.707. The average Bonchev–Trinajstić information content (AvgIpc) is 2.33. The first-order valence-electron chi connectivity index (χ1n) is 4.78. The van der Waals surface area contributed by atoms with Crippen LogP contribution in [0.4, 0.5) is 0 Å². The van der Waals surface area contributed by atoms with Gasteiger partial charge < -0.3 is 4.74 Å². The lowest BCUT2D eigenvalue weighted by Crippen LogP contribution is -1.93. The molecule has 0 N–H and O–H groups in total. The second-order valence-corrected chi connectivity index (χ2v) is 3.78. The first-order chi connectivity index (χ1) is 7.76. The fraction of sp³-hybridized carbons (Fsp3) is 0.167. The van der Waals surface area contributed by atoms with E-state index in [4.69, 9.17) is 16.3 Å². The van der Waals surface area contributed by atoms with Gasteiger partial charge in [-0.15, -0.1) is 0 Å². The van der Waals surface area contributed by atoms with Crippen molar-refractivity contribution in [1.29, 1.82) is 0 Å². The number of aldehydes is 1. The maximum absolute atomic E-state index is 10.6. The van der Waals surface area contributed by atoms with E-state index in [1.807, 2.05) is 18.2 Å². The number of carbonyl (C=O) groups excluding carboxylic acids is 1. The minimum absolute atomic E-state index is 0.379. The minimum atomic E-state index is 0.379. The van der Waals surface area contributed by atoms with Gasteiger partial charge in [0, 0.05) is 12.5 Å². The second kappa shape index (κ2) is 4.60. The average molecular weight is 236 g/mol. The van der Waals surface area contributed by atoms with Crippen LogP contribution in [0.5, 0.6) is 0 Å². The normalized spacial score (nSPS) is 10.6. The van der Waals surface area contributed by atoms with Crippen LogP contribution in [-0.4, -0.2) is 18.4 Å². The highest BCUT2D eigenvalue weighted by Crippen LogP contribution is 2.26. The predicted octanol–water partition coefficient (Wildman–Crippen LogP) is 2.85. The van der Waals surface area contributed by atoms with Crippen LogP contribution >= 0.6 is 11.6 Å². The van der Waals surface area contributed by atoms with Gasteiger partial charge in [-0.2, -0.15) is 0 Å². The van der Waals surface area contributed by atoms with Crippen LogP contribution in [0, 0.1) is 0 Å². The van der Waals surface area contributed by atoms with E-state index in [9.17, 15) is 4.79 Å². The molecule has 2 aromatic rings. The first kappa shape index (κ1) is 11.0. The van der Waals surface area contributed by atoms with E-state index in [1.54, 1.807) is 13.2 Å². The number of hydrogen-bond donors (Lipinski definition) is 0. The quantitative estimate of drug-likeness (QED) is 0.768. The molecule has 0 amide bonds. The monoisotopic (exact) mass is 235 g/mol. The molecule has 82 valence electrons. The third-order valence-corrected chi connectivity index (χ3v) is 2.74. The van der Waals surface area contributed by atoms with E-state index in [1.165, 1.54) is 0 Å². The van der Waals surface area contributed by atoms with Gasteiger partial charge in [0.05, 0.1) is 17.1 Å². The van der Waals surface area contributed by atoms with Crippen molar-refractivity contribution in [2.75, 3.05) is 7.11 Å². The Morgan fingerprint density at radius 3 is 2.81 bits per heavy atom. The molecule has 0 saturated heterocycles. The van der Waals surface area contributed by atoms with Crippen LogP contribution in [0.3, 0.4) is 0 Å². The molecule has 1 aromatic carbocycles. The lowest BCUT2D eigenvalue weighted by Gasteiger charge is -2.06.